The number of para-hydroxylation sites is 1. The van der Waals surface area contributed by atoms with E-state index in [9.17, 15) is 9.59 Å². The molecule has 1 amide bonds. The summed E-state index contributed by atoms with van der Waals surface area (Å²) >= 11 is 13.7. The standard InChI is InChI=1S/C28H18Cl2N2O4S/c29-19-10-12-23(30)22(14-19)24-13-11-21(36-24)15-25-26(33)32(16-17-6-8-18(9-7-17)27(34)35)28(37-25)31-20-4-2-1-3-5-20/h1-15H,16H2,(H,34,35). The summed E-state index contributed by atoms with van der Waals surface area (Å²) in [6.45, 7) is 0.232. The summed E-state index contributed by atoms with van der Waals surface area (Å²) in [5.74, 6) is -0.231. The molecule has 1 aliphatic rings. The van der Waals surface area contributed by atoms with E-state index in [4.69, 9.17) is 32.7 Å². The number of aliphatic imine (C=N–C) groups is 1. The Labute approximate surface area is 226 Å². The number of furan rings is 1. The zero-order valence-corrected chi connectivity index (χ0v) is 21.4. The Bertz CT molecular complexity index is 1550. The van der Waals surface area contributed by atoms with Crippen molar-refractivity contribution in [3.63, 3.8) is 0 Å². The molecule has 0 atom stereocenters. The first kappa shape index (κ1) is 24.9. The molecule has 0 spiro atoms. The molecule has 3 aromatic carbocycles. The number of benzene rings is 3. The number of amidine groups is 1. The van der Waals surface area contributed by atoms with Crippen LogP contribution in [0.4, 0.5) is 5.69 Å². The van der Waals surface area contributed by atoms with Crippen LogP contribution in [-0.2, 0) is 11.3 Å². The summed E-state index contributed by atoms with van der Waals surface area (Å²) in [6.07, 6.45) is 1.67. The SMILES string of the molecule is O=C(O)c1ccc(CN2C(=O)C(=Cc3ccc(-c4cc(Cl)ccc4Cl)o3)SC2=Nc2ccccc2)cc1. The van der Waals surface area contributed by atoms with Gasteiger partial charge in [-0.3, -0.25) is 9.69 Å². The molecule has 0 radical (unpaired) electrons. The molecule has 9 heteroatoms. The van der Waals surface area contributed by atoms with Crippen LogP contribution in [0, 0.1) is 0 Å². The first-order chi connectivity index (χ1) is 17.9. The lowest BCUT2D eigenvalue weighted by Crippen LogP contribution is -2.28. The van der Waals surface area contributed by atoms with Gasteiger partial charge in [-0.25, -0.2) is 9.79 Å². The molecule has 1 saturated heterocycles. The maximum Gasteiger partial charge on any atom is 0.335 e. The summed E-state index contributed by atoms with van der Waals surface area (Å²) in [5.41, 5.74) is 2.32. The first-order valence-corrected chi connectivity index (χ1v) is 12.7. The Hall–Kier alpha value is -3.78. The van der Waals surface area contributed by atoms with Crippen LogP contribution >= 0.6 is 35.0 Å². The monoisotopic (exact) mass is 548 g/mol. The Morgan fingerprint density at radius 1 is 1.00 bits per heavy atom. The molecule has 1 fully saturated rings. The number of hydrogen-bond donors (Lipinski definition) is 1. The number of thioether (sulfide) groups is 1. The van der Waals surface area contributed by atoms with Gasteiger partial charge in [0.2, 0.25) is 0 Å². The van der Waals surface area contributed by atoms with Gasteiger partial charge in [0, 0.05) is 16.7 Å². The Kier molecular flexibility index (Phi) is 7.19. The van der Waals surface area contributed by atoms with E-state index in [1.54, 1.807) is 53.4 Å². The normalized spacial score (nSPS) is 15.6. The predicted molar refractivity (Wildman–Crippen MR) is 147 cm³/mol. The van der Waals surface area contributed by atoms with Gasteiger partial charge in [-0.1, -0.05) is 53.5 Å². The van der Waals surface area contributed by atoms with Crippen molar-refractivity contribution in [3.8, 4) is 11.3 Å². The second-order valence-electron chi connectivity index (χ2n) is 8.06. The first-order valence-electron chi connectivity index (χ1n) is 11.1. The van der Waals surface area contributed by atoms with Gasteiger partial charge in [-0.2, -0.15) is 0 Å². The number of carboxylic acid groups (broad SMARTS) is 1. The van der Waals surface area contributed by atoms with Gasteiger partial charge in [-0.05, 0) is 71.9 Å². The molecular formula is C28H18Cl2N2O4S. The zero-order valence-electron chi connectivity index (χ0n) is 19.1. The quantitative estimate of drug-likeness (QED) is 0.249. The molecule has 1 N–H and O–H groups in total. The van der Waals surface area contributed by atoms with E-state index in [0.29, 0.717) is 42.9 Å². The maximum atomic E-state index is 13.4. The summed E-state index contributed by atoms with van der Waals surface area (Å²) in [7, 11) is 0. The number of aromatic carboxylic acids is 1. The molecule has 37 heavy (non-hydrogen) atoms. The van der Waals surface area contributed by atoms with E-state index in [0.717, 1.165) is 5.56 Å². The molecule has 6 nitrogen and oxygen atoms in total. The highest BCUT2D eigenvalue weighted by Gasteiger charge is 2.34. The lowest BCUT2D eigenvalue weighted by atomic mass is 10.1. The third-order valence-corrected chi connectivity index (χ3v) is 7.08. The van der Waals surface area contributed by atoms with Crippen LogP contribution in [0.5, 0.6) is 0 Å². The summed E-state index contributed by atoms with van der Waals surface area (Å²) in [4.78, 5) is 31.3. The van der Waals surface area contributed by atoms with E-state index in [1.807, 2.05) is 30.3 Å². The summed E-state index contributed by atoms with van der Waals surface area (Å²) in [6, 6.07) is 24.4. The van der Waals surface area contributed by atoms with Crippen molar-refractivity contribution < 1.29 is 19.1 Å². The number of hydrogen-bond acceptors (Lipinski definition) is 5. The molecule has 5 rings (SSSR count). The highest BCUT2D eigenvalue weighted by atomic mass is 35.5. The van der Waals surface area contributed by atoms with Crippen LogP contribution in [0.3, 0.4) is 0 Å². The van der Waals surface area contributed by atoms with Gasteiger partial charge in [0.1, 0.15) is 11.5 Å². The average molecular weight is 549 g/mol. The molecule has 4 aromatic rings. The second-order valence-corrected chi connectivity index (χ2v) is 9.91. The van der Waals surface area contributed by atoms with Crippen molar-refractivity contribution in [2.24, 2.45) is 4.99 Å². The van der Waals surface area contributed by atoms with Gasteiger partial charge in [-0.15, -0.1) is 0 Å². The Balaban J connectivity index is 1.46. The number of halogens is 2. The Morgan fingerprint density at radius 2 is 1.76 bits per heavy atom. The van der Waals surface area contributed by atoms with E-state index in [-0.39, 0.29) is 18.0 Å². The topological polar surface area (TPSA) is 83.1 Å². The van der Waals surface area contributed by atoms with Crippen molar-refractivity contribution in [3.05, 3.63) is 117 Å². The zero-order chi connectivity index (χ0) is 25.9. The van der Waals surface area contributed by atoms with E-state index < -0.39 is 5.97 Å². The van der Waals surface area contributed by atoms with Crippen molar-refractivity contribution in [1.29, 1.82) is 0 Å². The average Bonchev–Trinajstić information content (AvgIpc) is 3.47. The van der Waals surface area contributed by atoms with Crippen molar-refractivity contribution in [2.45, 2.75) is 6.54 Å². The summed E-state index contributed by atoms with van der Waals surface area (Å²) in [5, 5.41) is 10.7. The van der Waals surface area contributed by atoms with Crippen molar-refractivity contribution in [1.82, 2.24) is 4.90 Å². The molecule has 0 saturated carbocycles. The summed E-state index contributed by atoms with van der Waals surface area (Å²) < 4.78 is 5.96. The third kappa shape index (κ3) is 5.64. The van der Waals surface area contributed by atoms with Crippen LogP contribution in [0.1, 0.15) is 21.7 Å². The van der Waals surface area contributed by atoms with E-state index in [2.05, 4.69) is 4.99 Å². The number of amides is 1. The fourth-order valence-corrected chi connectivity index (χ4v) is 5.03. The van der Waals surface area contributed by atoms with Crippen LogP contribution in [0.25, 0.3) is 17.4 Å². The molecular weight excluding hydrogens is 531 g/mol. The largest absolute Gasteiger partial charge is 0.478 e. The van der Waals surface area contributed by atoms with Crippen LogP contribution in [0.2, 0.25) is 10.0 Å². The molecule has 0 aliphatic carbocycles. The number of carboxylic acids is 1. The van der Waals surface area contributed by atoms with Crippen molar-refractivity contribution >= 4 is 63.8 Å². The van der Waals surface area contributed by atoms with Gasteiger partial charge < -0.3 is 9.52 Å². The molecule has 0 unspecified atom stereocenters. The highest BCUT2D eigenvalue weighted by Crippen LogP contribution is 2.37. The van der Waals surface area contributed by atoms with Crippen LogP contribution in [0.15, 0.2) is 99.2 Å². The van der Waals surface area contributed by atoms with Gasteiger partial charge in [0.05, 0.1) is 27.7 Å². The second kappa shape index (κ2) is 10.7. The Morgan fingerprint density at radius 3 is 2.49 bits per heavy atom. The number of carbonyl (C=O) groups excluding carboxylic acids is 1. The van der Waals surface area contributed by atoms with E-state index >= 15 is 0 Å². The number of carbonyl (C=O) groups is 2. The third-order valence-electron chi connectivity index (χ3n) is 5.50. The smallest absolute Gasteiger partial charge is 0.335 e. The van der Waals surface area contributed by atoms with Crippen LogP contribution < -0.4 is 0 Å². The van der Waals surface area contributed by atoms with Gasteiger partial charge >= 0.3 is 5.97 Å². The molecule has 0 bridgehead atoms. The number of nitrogens with zero attached hydrogens (tertiary/aromatic N) is 2. The van der Waals surface area contributed by atoms with Crippen LogP contribution in [-0.4, -0.2) is 27.1 Å². The maximum absolute atomic E-state index is 13.4. The molecule has 184 valence electrons. The molecule has 1 aliphatic heterocycles. The highest BCUT2D eigenvalue weighted by molar-refractivity contribution is 8.18. The minimum Gasteiger partial charge on any atom is -0.478 e. The lowest BCUT2D eigenvalue weighted by Gasteiger charge is -2.16. The minimum atomic E-state index is -1.01. The van der Waals surface area contributed by atoms with Gasteiger partial charge in [0.25, 0.3) is 5.91 Å². The predicted octanol–water partition coefficient (Wildman–Crippen LogP) is 7.76. The fraction of sp³-hybridized carbons (Fsp3) is 0.0357. The van der Waals surface area contributed by atoms with Gasteiger partial charge in [0.15, 0.2) is 5.17 Å². The molecule has 2 heterocycles. The molecule has 1 aromatic heterocycles. The van der Waals surface area contributed by atoms with Crippen molar-refractivity contribution in [2.75, 3.05) is 0 Å². The van der Waals surface area contributed by atoms with E-state index in [1.165, 1.54) is 23.9 Å². The minimum absolute atomic E-state index is 0.179. The lowest BCUT2D eigenvalue weighted by molar-refractivity contribution is -0.122. The fourth-order valence-electron chi connectivity index (χ4n) is 3.67. The number of rotatable bonds is 6.